The molecule has 204 valence electrons. The van der Waals surface area contributed by atoms with Crippen LogP contribution in [0.1, 0.15) is 76.2 Å². The van der Waals surface area contributed by atoms with Crippen molar-refractivity contribution in [1.82, 2.24) is 10.3 Å². The first-order chi connectivity index (χ1) is 17.9. The van der Waals surface area contributed by atoms with Gasteiger partial charge in [0.15, 0.2) is 0 Å². The number of hydrogen-bond acceptors (Lipinski definition) is 6. The molecule has 0 aromatic heterocycles. The Morgan fingerprint density at radius 3 is 1.65 bits per heavy atom. The Hall–Kier alpha value is -2.97. The fourth-order valence-corrected chi connectivity index (χ4v) is 6.01. The third kappa shape index (κ3) is 6.48. The number of primary amides is 1. The molecule has 3 aliphatic heterocycles. The highest BCUT2D eigenvalue weighted by atomic mass is 16.2. The number of urea groups is 1. The van der Waals surface area contributed by atoms with Crippen LogP contribution in [0.3, 0.4) is 0 Å². The molecule has 4 rings (SSSR count). The minimum atomic E-state index is -0.733. The molecule has 37 heavy (non-hydrogen) atoms. The van der Waals surface area contributed by atoms with Crippen LogP contribution in [0.4, 0.5) is 21.9 Å². The second kappa shape index (κ2) is 12.5. The van der Waals surface area contributed by atoms with Gasteiger partial charge in [0, 0.05) is 76.0 Å². The molecule has 0 bridgehead atoms. The highest BCUT2D eigenvalue weighted by Gasteiger charge is 2.35. The molecule has 1 aromatic carbocycles. The number of carbonyl (C=O) groups is 2. The SMILES string of the molecule is C/C(=N\NC(N)=O)C(C(=O)N(C)C)c1c(N2CCCCC2)cc(N2CCCCC2)cc1N1CCCCC1. The average molecular weight is 512 g/mol. The molecule has 3 fully saturated rings. The van der Waals surface area contributed by atoms with E-state index in [0.29, 0.717) is 5.71 Å². The summed E-state index contributed by atoms with van der Waals surface area (Å²) in [6.07, 6.45) is 10.8. The number of nitrogens with zero attached hydrogens (tertiary/aromatic N) is 5. The number of piperidine rings is 3. The zero-order valence-electron chi connectivity index (χ0n) is 23.0. The van der Waals surface area contributed by atoms with E-state index in [9.17, 15) is 9.59 Å². The van der Waals surface area contributed by atoms with Crippen molar-refractivity contribution in [2.45, 2.75) is 70.6 Å². The molecular formula is C28H45N7O2. The van der Waals surface area contributed by atoms with Gasteiger partial charge < -0.3 is 25.3 Å². The third-order valence-corrected chi connectivity index (χ3v) is 7.97. The van der Waals surface area contributed by atoms with Crippen LogP contribution in [0.5, 0.6) is 0 Å². The fraction of sp³-hybridized carbons (Fsp3) is 0.679. The average Bonchev–Trinajstić information content (AvgIpc) is 2.93. The summed E-state index contributed by atoms with van der Waals surface area (Å²) >= 11 is 0. The van der Waals surface area contributed by atoms with Gasteiger partial charge in [-0.05, 0) is 76.8 Å². The van der Waals surface area contributed by atoms with Crippen molar-refractivity contribution in [3.8, 4) is 0 Å². The number of hydrazone groups is 1. The van der Waals surface area contributed by atoms with Gasteiger partial charge in [0.25, 0.3) is 0 Å². The number of anilines is 3. The Morgan fingerprint density at radius 2 is 1.24 bits per heavy atom. The standard InChI is InChI=1S/C28H45N7O2/c1-21(30-31-28(29)37)25(27(36)32(2)3)26-23(34-15-9-5-10-16-34)19-22(33-13-7-4-8-14-33)20-24(26)35-17-11-6-12-18-35/h19-20,25H,4-18H2,1-3H3,(H3,29,31,37)/b30-21+. The van der Waals surface area contributed by atoms with Crippen LogP contribution in [-0.2, 0) is 4.79 Å². The summed E-state index contributed by atoms with van der Waals surface area (Å²) in [5.41, 5.74) is 12.8. The van der Waals surface area contributed by atoms with Crippen LogP contribution in [0.15, 0.2) is 17.2 Å². The number of likely N-dealkylation sites (N-methyl/N-ethyl adjacent to an activating group) is 1. The molecule has 9 heteroatoms. The molecule has 1 atom stereocenters. The van der Waals surface area contributed by atoms with Crippen molar-refractivity contribution < 1.29 is 9.59 Å². The first-order valence-electron chi connectivity index (χ1n) is 14.1. The Kier molecular flexibility index (Phi) is 9.16. The second-order valence-corrected chi connectivity index (χ2v) is 10.9. The first-order valence-corrected chi connectivity index (χ1v) is 14.1. The molecule has 0 spiro atoms. The number of amides is 3. The van der Waals surface area contributed by atoms with Crippen molar-refractivity contribution in [2.24, 2.45) is 10.8 Å². The summed E-state index contributed by atoms with van der Waals surface area (Å²) in [6.45, 7) is 7.88. The minimum absolute atomic E-state index is 0.0465. The maximum Gasteiger partial charge on any atom is 0.332 e. The monoisotopic (exact) mass is 511 g/mol. The van der Waals surface area contributed by atoms with E-state index in [1.54, 1.807) is 19.0 Å². The smallest absolute Gasteiger partial charge is 0.332 e. The van der Waals surface area contributed by atoms with E-state index in [0.717, 1.165) is 81.9 Å². The third-order valence-electron chi connectivity index (χ3n) is 7.97. The molecule has 0 saturated carbocycles. The van der Waals surface area contributed by atoms with Crippen molar-refractivity contribution in [2.75, 3.05) is 68.1 Å². The Morgan fingerprint density at radius 1 is 0.811 bits per heavy atom. The van der Waals surface area contributed by atoms with E-state index in [-0.39, 0.29) is 5.91 Å². The van der Waals surface area contributed by atoms with E-state index in [4.69, 9.17) is 5.73 Å². The summed E-state index contributed by atoms with van der Waals surface area (Å²) in [4.78, 5) is 34.4. The van der Waals surface area contributed by atoms with Crippen molar-refractivity contribution in [3.05, 3.63) is 17.7 Å². The molecule has 3 amide bonds. The topological polar surface area (TPSA) is 97.5 Å². The van der Waals surface area contributed by atoms with Gasteiger partial charge in [-0.3, -0.25) is 4.79 Å². The molecular weight excluding hydrogens is 466 g/mol. The maximum atomic E-state index is 13.8. The van der Waals surface area contributed by atoms with E-state index < -0.39 is 11.9 Å². The Bertz CT molecular complexity index is 936. The van der Waals surface area contributed by atoms with E-state index in [1.165, 1.54) is 37.8 Å². The zero-order chi connectivity index (χ0) is 26.4. The fourth-order valence-electron chi connectivity index (χ4n) is 6.01. The summed E-state index contributed by atoms with van der Waals surface area (Å²) in [6, 6.07) is 3.91. The van der Waals surface area contributed by atoms with E-state index in [1.807, 2.05) is 6.92 Å². The van der Waals surface area contributed by atoms with Gasteiger partial charge >= 0.3 is 6.03 Å². The lowest BCUT2D eigenvalue weighted by molar-refractivity contribution is -0.128. The lowest BCUT2D eigenvalue weighted by Gasteiger charge is -2.39. The van der Waals surface area contributed by atoms with Gasteiger partial charge in [-0.15, -0.1) is 0 Å². The number of nitrogens with one attached hydrogen (secondary N) is 1. The second-order valence-electron chi connectivity index (χ2n) is 10.9. The van der Waals surface area contributed by atoms with Gasteiger partial charge in [-0.25, -0.2) is 10.2 Å². The Balaban J connectivity index is 1.93. The maximum absolute atomic E-state index is 13.8. The summed E-state index contributed by atoms with van der Waals surface area (Å²) in [5.74, 6) is -0.666. The Labute approximate surface area is 222 Å². The number of hydrogen-bond donors (Lipinski definition) is 2. The summed E-state index contributed by atoms with van der Waals surface area (Å²) in [5, 5.41) is 4.29. The normalized spacial score (nSPS) is 20.0. The van der Waals surface area contributed by atoms with Gasteiger partial charge in [-0.2, -0.15) is 5.10 Å². The largest absolute Gasteiger partial charge is 0.371 e. The highest BCUT2D eigenvalue weighted by molar-refractivity contribution is 6.11. The molecule has 3 saturated heterocycles. The predicted octanol–water partition coefficient (Wildman–Crippen LogP) is 3.87. The molecule has 3 N–H and O–H groups in total. The van der Waals surface area contributed by atoms with Gasteiger partial charge in [0.2, 0.25) is 5.91 Å². The van der Waals surface area contributed by atoms with Crippen LogP contribution in [-0.4, -0.2) is 75.9 Å². The van der Waals surface area contributed by atoms with Gasteiger partial charge in [0.05, 0.1) is 5.71 Å². The lowest BCUT2D eigenvalue weighted by atomic mass is 9.87. The molecule has 3 heterocycles. The summed E-state index contributed by atoms with van der Waals surface area (Å²) in [7, 11) is 3.57. The van der Waals surface area contributed by atoms with Crippen molar-refractivity contribution >= 4 is 34.7 Å². The number of carbonyl (C=O) groups excluding carboxylic acids is 2. The quantitative estimate of drug-likeness (QED) is 0.428. The molecule has 0 aliphatic carbocycles. The zero-order valence-corrected chi connectivity index (χ0v) is 23.0. The number of nitrogens with two attached hydrogens (primary N) is 1. The van der Waals surface area contributed by atoms with Crippen LogP contribution in [0.2, 0.25) is 0 Å². The molecule has 1 aromatic rings. The molecule has 1 unspecified atom stereocenters. The van der Waals surface area contributed by atoms with Crippen LogP contribution in [0, 0.1) is 0 Å². The van der Waals surface area contributed by atoms with Gasteiger partial charge in [-0.1, -0.05) is 0 Å². The van der Waals surface area contributed by atoms with Crippen molar-refractivity contribution in [1.29, 1.82) is 0 Å². The van der Waals surface area contributed by atoms with E-state index in [2.05, 4.69) is 37.4 Å². The number of rotatable bonds is 7. The number of benzene rings is 1. The van der Waals surface area contributed by atoms with Gasteiger partial charge in [0.1, 0.15) is 5.92 Å². The highest BCUT2D eigenvalue weighted by Crippen LogP contribution is 2.43. The first kappa shape index (κ1) is 27.1. The van der Waals surface area contributed by atoms with Crippen LogP contribution in [0.25, 0.3) is 0 Å². The minimum Gasteiger partial charge on any atom is -0.371 e. The molecule has 3 aliphatic rings. The lowest BCUT2D eigenvalue weighted by Crippen LogP contribution is -2.39. The van der Waals surface area contributed by atoms with Crippen LogP contribution >= 0.6 is 0 Å². The molecule has 0 radical (unpaired) electrons. The van der Waals surface area contributed by atoms with Crippen molar-refractivity contribution in [3.63, 3.8) is 0 Å². The van der Waals surface area contributed by atoms with E-state index >= 15 is 0 Å². The predicted molar refractivity (Wildman–Crippen MR) is 152 cm³/mol. The van der Waals surface area contributed by atoms with Crippen LogP contribution < -0.4 is 25.9 Å². The molecule has 9 nitrogen and oxygen atoms in total. The summed E-state index contributed by atoms with van der Waals surface area (Å²) < 4.78 is 0.